The third-order valence-electron chi connectivity index (χ3n) is 6.72. The summed E-state index contributed by atoms with van der Waals surface area (Å²) in [7, 11) is -3.80. The fraction of sp³-hybridized carbons (Fsp3) is 0.346. The van der Waals surface area contributed by atoms with Crippen LogP contribution in [0.15, 0.2) is 66.1 Å². The lowest BCUT2D eigenvalue weighted by Gasteiger charge is -2.25. The van der Waals surface area contributed by atoms with Crippen molar-refractivity contribution in [1.29, 1.82) is 0 Å². The Morgan fingerprint density at radius 2 is 1.71 bits per heavy atom. The van der Waals surface area contributed by atoms with Crippen LogP contribution >= 0.6 is 11.6 Å². The molecule has 0 unspecified atom stereocenters. The Morgan fingerprint density at radius 1 is 1.00 bits per heavy atom. The molecule has 176 valence electrons. The summed E-state index contributed by atoms with van der Waals surface area (Å²) in [6.07, 6.45) is 13.3. The van der Waals surface area contributed by atoms with Crippen LogP contribution in [0.2, 0.25) is 5.02 Å². The van der Waals surface area contributed by atoms with Gasteiger partial charge in [0.05, 0.1) is 9.92 Å². The van der Waals surface area contributed by atoms with Gasteiger partial charge in [0.25, 0.3) is 10.0 Å². The normalized spacial score (nSPS) is 18.9. The van der Waals surface area contributed by atoms with Gasteiger partial charge in [-0.1, -0.05) is 49.6 Å². The maximum absolute atomic E-state index is 13.3. The first kappa shape index (κ1) is 23.0. The van der Waals surface area contributed by atoms with E-state index in [0.717, 1.165) is 29.3 Å². The van der Waals surface area contributed by atoms with Crippen LogP contribution in [0.4, 0.5) is 0 Å². The molecule has 1 saturated carbocycles. The van der Waals surface area contributed by atoms with Crippen molar-refractivity contribution in [3.63, 3.8) is 0 Å². The lowest BCUT2D eigenvalue weighted by Crippen LogP contribution is -2.15. The molecule has 34 heavy (non-hydrogen) atoms. The van der Waals surface area contributed by atoms with Crippen molar-refractivity contribution < 1.29 is 8.42 Å². The highest BCUT2D eigenvalue weighted by Crippen LogP contribution is 2.31. The van der Waals surface area contributed by atoms with Crippen LogP contribution in [-0.4, -0.2) is 27.3 Å². The van der Waals surface area contributed by atoms with E-state index in [2.05, 4.69) is 21.9 Å². The molecule has 6 nitrogen and oxygen atoms in total. The topological polar surface area (TPSA) is 77.7 Å². The molecular weight excluding hydrogens is 468 g/mol. The maximum Gasteiger partial charge on any atom is 0.269 e. The molecule has 3 aromatic heterocycles. The summed E-state index contributed by atoms with van der Waals surface area (Å²) < 4.78 is 27.9. The Hall–Kier alpha value is -2.77. The van der Waals surface area contributed by atoms with Gasteiger partial charge in [0.2, 0.25) is 0 Å². The Balaban J connectivity index is 1.42. The fourth-order valence-electron chi connectivity index (χ4n) is 4.74. The minimum absolute atomic E-state index is 0.208. The number of aromatic nitrogens is 4. The Bertz CT molecular complexity index is 1390. The molecule has 3 heterocycles. The van der Waals surface area contributed by atoms with Crippen LogP contribution in [0.3, 0.4) is 0 Å². The van der Waals surface area contributed by atoms with Crippen molar-refractivity contribution in [3.05, 3.63) is 83.2 Å². The molecule has 0 amide bonds. The van der Waals surface area contributed by atoms with Gasteiger partial charge in [-0.3, -0.25) is 0 Å². The van der Waals surface area contributed by atoms with Crippen LogP contribution in [0.25, 0.3) is 11.0 Å². The molecule has 8 heteroatoms. The van der Waals surface area contributed by atoms with Gasteiger partial charge in [0.1, 0.15) is 5.82 Å². The number of benzene rings is 1. The second-order valence-electron chi connectivity index (χ2n) is 9.31. The Morgan fingerprint density at radius 3 is 2.41 bits per heavy atom. The smallest absolute Gasteiger partial charge is 0.241 e. The third-order valence-corrected chi connectivity index (χ3v) is 8.59. The molecule has 0 aliphatic heterocycles. The summed E-state index contributed by atoms with van der Waals surface area (Å²) in [5, 5.41) is 1.16. The highest BCUT2D eigenvalue weighted by molar-refractivity contribution is 7.90. The lowest BCUT2D eigenvalue weighted by molar-refractivity contribution is 0.286. The van der Waals surface area contributed by atoms with Crippen LogP contribution in [0, 0.1) is 11.8 Å². The molecule has 0 N–H and O–H groups in total. The van der Waals surface area contributed by atoms with Crippen molar-refractivity contribution in [2.45, 2.75) is 50.3 Å². The van der Waals surface area contributed by atoms with Gasteiger partial charge in [-0.2, -0.15) is 0 Å². The number of rotatable bonds is 6. The SMILES string of the molecule is CC1CCC(Cc2ncc(Cc3cn(S(=O)(=O)c4ccccc4)c4ncc(Cl)cc34)cn2)CC1. The zero-order valence-electron chi connectivity index (χ0n) is 19.1. The van der Waals surface area contributed by atoms with E-state index < -0.39 is 10.0 Å². The van der Waals surface area contributed by atoms with Crippen LogP contribution in [0.5, 0.6) is 0 Å². The summed E-state index contributed by atoms with van der Waals surface area (Å²) in [5.41, 5.74) is 2.08. The molecule has 0 radical (unpaired) electrons. The largest absolute Gasteiger partial charge is 0.269 e. The first-order valence-electron chi connectivity index (χ1n) is 11.7. The molecule has 0 spiro atoms. The van der Waals surface area contributed by atoms with E-state index in [4.69, 9.17) is 11.6 Å². The lowest BCUT2D eigenvalue weighted by atomic mass is 9.81. The van der Waals surface area contributed by atoms with E-state index in [0.29, 0.717) is 28.4 Å². The second-order valence-corrected chi connectivity index (χ2v) is 11.6. The van der Waals surface area contributed by atoms with Crippen molar-refractivity contribution in [1.82, 2.24) is 18.9 Å². The van der Waals surface area contributed by atoms with Crippen LogP contribution < -0.4 is 0 Å². The number of halogens is 1. The minimum Gasteiger partial charge on any atom is -0.241 e. The number of fused-ring (bicyclic) bond motifs is 1. The van der Waals surface area contributed by atoms with Crippen LogP contribution in [-0.2, 0) is 22.9 Å². The molecule has 0 saturated heterocycles. The highest BCUT2D eigenvalue weighted by atomic mass is 35.5. The first-order chi connectivity index (χ1) is 16.4. The van der Waals surface area contributed by atoms with Gasteiger partial charge < -0.3 is 0 Å². The molecule has 4 aromatic rings. The van der Waals surface area contributed by atoms with Gasteiger partial charge in [-0.15, -0.1) is 0 Å². The van der Waals surface area contributed by atoms with E-state index in [1.54, 1.807) is 42.6 Å². The van der Waals surface area contributed by atoms with Gasteiger partial charge in [-0.05, 0) is 54.0 Å². The molecule has 0 bridgehead atoms. The quantitative estimate of drug-likeness (QED) is 0.344. The summed E-state index contributed by atoms with van der Waals surface area (Å²) in [6, 6.07) is 10.1. The summed E-state index contributed by atoms with van der Waals surface area (Å²) >= 11 is 6.21. The molecule has 0 atom stereocenters. The molecule has 1 fully saturated rings. The highest BCUT2D eigenvalue weighted by Gasteiger charge is 2.23. The van der Waals surface area contributed by atoms with Crippen molar-refractivity contribution in [2.75, 3.05) is 0 Å². The van der Waals surface area contributed by atoms with E-state index in [1.807, 2.05) is 12.4 Å². The minimum atomic E-state index is -3.80. The van der Waals surface area contributed by atoms with Gasteiger partial charge >= 0.3 is 0 Å². The summed E-state index contributed by atoms with van der Waals surface area (Å²) in [4.78, 5) is 13.8. The number of hydrogen-bond acceptors (Lipinski definition) is 5. The van der Waals surface area contributed by atoms with Gasteiger partial charge in [0, 0.05) is 43.0 Å². The monoisotopic (exact) mass is 494 g/mol. The standard InChI is InChI=1S/C26H27ClN4O2S/c1-18-7-9-19(10-8-18)12-25-28-14-20(15-29-25)11-21-17-31(26-24(21)13-22(27)16-30-26)34(32,33)23-5-3-2-4-6-23/h2-6,13-19H,7-12H2,1H3. The number of pyridine rings is 1. The summed E-state index contributed by atoms with van der Waals surface area (Å²) in [6.45, 7) is 2.33. The zero-order chi connectivity index (χ0) is 23.7. The molecular formula is C26H27ClN4O2S. The zero-order valence-corrected chi connectivity index (χ0v) is 20.6. The first-order valence-corrected chi connectivity index (χ1v) is 13.5. The van der Waals surface area contributed by atoms with E-state index in [9.17, 15) is 8.42 Å². The van der Waals surface area contributed by atoms with Crippen molar-refractivity contribution in [2.24, 2.45) is 11.8 Å². The molecule has 1 aromatic carbocycles. The average Bonchev–Trinajstić information content (AvgIpc) is 3.20. The van der Waals surface area contributed by atoms with E-state index in [1.165, 1.54) is 35.9 Å². The van der Waals surface area contributed by atoms with Crippen LogP contribution in [0.1, 0.15) is 49.6 Å². The summed E-state index contributed by atoms with van der Waals surface area (Å²) in [5.74, 6) is 2.37. The predicted octanol–water partition coefficient (Wildman–Crippen LogP) is 5.68. The molecule has 1 aliphatic carbocycles. The Kier molecular flexibility index (Phi) is 6.40. The maximum atomic E-state index is 13.3. The van der Waals surface area contributed by atoms with Gasteiger partial charge in [-0.25, -0.2) is 27.3 Å². The molecule has 1 aliphatic rings. The van der Waals surface area contributed by atoms with Crippen molar-refractivity contribution in [3.8, 4) is 0 Å². The fourth-order valence-corrected chi connectivity index (χ4v) is 6.26. The molecule has 5 rings (SSSR count). The second kappa shape index (κ2) is 9.47. The Labute approximate surface area is 205 Å². The van der Waals surface area contributed by atoms with E-state index in [-0.39, 0.29) is 4.90 Å². The van der Waals surface area contributed by atoms with Crippen molar-refractivity contribution >= 4 is 32.7 Å². The average molecular weight is 495 g/mol. The van der Waals surface area contributed by atoms with E-state index >= 15 is 0 Å². The third kappa shape index (κ3) is 4.72. The van der Waals surface area contributed by atoms with Gasteiger partial charge in [0.15, 0.2) is 5.65 Å². The number of hydrogen-bond donors (Lipinski definition) is 0. The predicted molar refractivity (Wildman–Crippen MR) is 133 cm³/mol. The number of nitrogens with zero attached hydrogens (tertiary/aromatic N) is 4.